The summed E-state index contributed by atoms with van der Waals surface area (Å²) in [5.74, 6) is 0. The largest absolute Gasteiger partial charge is 0.456 e. The molecule has 0 aliphatic carbocycles. The lowest BCUT2D eigenvalue weighted by molar-refractivity contribution is 0.669. The van der Waals surface area contributed by atoms with Crippen molar-refractivity contribution in [1.82, 2.24) is 0 Å². The minimum Gasteiger partial charge on any atom is -0.456 e. The molecule has 0 fully saturated rings. The summed E-state index contributed by atoms with van der Waals surface area (Å²) >= 11 is 0. The Kier molecular flexibility index (Phi) is 2.87. The summed E-state index contributed by atoms with van der Waals surface area (Å²) < 4.78 is 184. The number of hydrogen-bond acceptors (Lipinski definition) is 1. The third-order valence-electron chi connectivity index (χ3n) is 8.38. The maximum Gasteiger partial charge on any atom is 0.136 e. The molecule has 1 nitrogen and oxygen atoms in total. The fourth-order valence-electron chi connectivity index (χ4n) is 6.46. The molecule has 0 unspecified atom stereocenters. The molecule has 218 valence electrons. The first-order valence-corrected chi connectivity index (χ1v) is 14.6. The van der Waals surface area contributed by atoms with Gasteiger partial charge in [-0.15, -0.1) is 0 Å². The molecular weight excluding hydrogens is 569 g/mol. The van der Waals surface area contributed by atoms with Crippen LogP contribution < -0.4 is 0 Å². The van der Waals surface area contributed by atoms with Crippen LogP contribution in [0.3, 0.4) is 0 Å². The molecule has 0 radical (unpaired) electrons. The summed E-state index contributed by atoms with van der Waals surface area (Å²) in [5, 5.41) is -0.250. The van der Waals surface area contributed by atoms with E-state index in [0.29, 0.717) is 21.5 Å². The molecule has 10 rings (SSSR count). The average Bonchev–Trinajstić information content (AvgIpc) is 3.73. The molecular formula is C46H28O. The molecule has 0 aliphatic heterocycles. The van der Waals surface area contributed by atoms with Gasteiger partial charge < -0.3 is 4.42 Å². The monoisotopic (exact) mass is 616 g/mol. The van der Waals surface area contributed by atoms with Crippen molar-refractivity contribution in [3.63, 3.8) is 0 Å². The molecule has 1 heteroatoms. The topological polar surface area (TPSA) is 13.1 Å². The molecule has 0 N–H and O–H groups in total. The highest BCUT2D eigenvalue weighted by atomic mass is 16.3. The zero-order valence-corrected chi connectivity index (χ0v) is 24.0. The first-order valence-electron chi connectivity index (χ1n) is 24.6. The van der Waals surface area contributed by atoms with Crippen LogP contribution in [0.1, 0.15) is 27.4 Å². The van der Waals surface area contributed by atoms with E-state index in [1.54, 1.807) is 48.5 Å². The van der Waals surface area contributed by atoms with Gasteiger partial charge in [0, 0.05) is 10.8 Å². The summed E-state index contributed by atoms with van der Waals surface area (Å²) in [6.07, 6.45) is 0. The van der Waals surface area contributed by atoms with Crippen molar-refractivity contribution in [3.05, 3.63) is 169 Å². The lowest BCUT2D eigenvalue weighted by atomic mass is 9.83. The summed E-state index contributed by atoms with van der Waals surface area (Å²) in [6.45, 7) is 0. The molecule has 0 amide bonds. The minimum atomic E-state index is -0.760. The van der Waals surface area contributed by atoms with Gasteiger partial charge in [0.15, 0.2) is 0 Å². The molecule has 0 aliphatic rings. The Labute approximate surface area is 300 Å². The van der Waals surface area contributed by atoms with E-state index in [9.17, 15) is 9.60 Å². The molecule has 1 heterocycles. The van der Waals surface area contributed by atoms with E-state index >= 15 is 0 Å². The first kappa shape index (κ1) is 13.3. The van der Waals surface area contributed by atoms with Crippen molar-refractivity contribution in [2.45, 2.75) is 0 Å². The maximum atomic E-state index is 9.71. The van der Waals surface area contributed by atoms with Gasteiger partial charge in [-0.1, -0.05) is 151 Å². The Morgan fingerprint density at radius 1 is 0.383 bits per heavy atom. The lowest BCUT2D eigenvalue weighted by Crippen LogP contribution is -1.92. The molecule has 0 spiro atoms. The fraction of sp³-hybridized carbons (Fsp3) is 0. The van der Waals surface area contributed by atoms with E-state index in [2.05, 4.69) is 0 Å². The van der Waals surface area contributed by atoms with Crippen LogP contribution in [0.4, 0.5) is 0 Å². The summed E-state index contributed by atoms with van der Waals surface area (Å²) in [5.41, 5.74) is -1.41. The molecule has 0 atom stereocenters. The second kappa shape index (κ2) is 10.2. The number of furan rings is 1. The van der Waals surface area contributed by atoms with Crippen molar-refractivity contribution < 1.29 is 31.8 Å². The third kappa shape index (κ3) is 3.90. The normalized spacial score (nSPS) is 17.8. The van der Waals surface area contributed by atoms with Gasteiger partial charge in [-0.3, -0.25) is 0 Å². The Bertz CT molecular complexity index is 3900. The van der Waals surface area contributed by atoms with Crippen molar-refractivity contribution in [2.24, 2.45) is 0 Å². The van der Waals surface area contributed by atoms with Crippen LogP contribution in [0.15, 0.2) is 174 Å². The van der Waals surface area contributed by atoms with Crippen LogP contribution in [0.5, 0.6) is 0 Å². The highest BCUT2D eigenvalue weighted by Gasteiger charge is 2.21. The fourth-order valence-corrected chi connectivity index (χ4v) is 6.46. The second-order valence-corrected chi connectivity index (χ2v) is 10.9. The predicted molar refractivity (Wildman–Crippen MR) is 200 cm³/mol. The summed E-state index contributed by atoms with van der Waals surface area (Å²) in [4.78, 5) is 0. The van der Waals surface area contributed by atoms with Crippen molar-refractivity contribution >= 4 is 65.0 Å². The Hall–Kier alpha value is -6.18. The van der Waals surface area contributed by atoms with Crippen LogP contribution in [-0.2, 0) is 0 Å². The zero-order valence-electron chi connectivity index (χ0n) is 44.0. The predicted octanol–water partition coefficient (Wildman–Crippen LogP) is 13.2. The summed E-state index contributed by atoms with van der Waals surface area (Å²) in [6, 6.07) is 0.243. The smallest absolute Gasteiger partial charge is 0.136 e. The molecule has 0 bridgehead atoms. The van der Waals surface area contributed by atoms with E-state index in [1.165, 1.54) is 0 Å². The van der Waals surface area contributed by atoms with Crippen molar-refractivity contribution in [2.75, 3.05) is 0 Å². The van der Waals surface area contributed by atoms with E-state index in [-0.39, 0.29) is 65.7 Å². The lowest BCUT2D eigenvalue weighted by Gasteiger charge is -2.20. The molecule has 10 aromatic rings. The van der Waals surface area contributed by atoms with Crippen LogP contribution in [0.25, 0.3) is 98.4 Å². The van der Waals surface area contributed by atoms with E-state index in [4.69, 9.17) is 22.2 Å². The highest BCUT2D eigenvalue weighted by Crippen LogP contribution is 2.48. The van der Waals surface area contributed by atoms with Crippen LogP contribution >= 0.6 is 0 Å². The van der Waals surface area contributed by atoms with Gasteiger partial charge in [0.25, 0.3) is 0 Å². The van der Waals surface area contributed by atoms with Gasteiger partial charge >= 0.3 is 0 Å². The van der Waals surface area contributed by atoms with Gasteiger partial charge in [-0.05, 0) is 94.6 Å². The van der Waals surface area contributed by atoms with Crippen molar-refractivity contribution in [1.29, 1.82) is 0 Å². The van der Waals surface area contributed by atoms with E-state index in [1.807, 2.05) is 0 Å². The number of hydrogen-bond donors (Lipinski definition) is 0. The van der Waals surface area contributed by atoms with Gasteiger partial charge in [0.05, 0.1) is 27.4 Å². The molecule has 0 saturated carbocycles. The van der Waals surface area contributed by atoms with Crippen LogP contribution in [0.2, 0.25) is 0 Å². The number of benzene rings is 9. The van der Waals surface area contributed by atoms with Gasteiger partial charge in [-0.25, -0.2) is 0 Å². The SMILES string of the molecule is [2H]c1c([2H])c([2H])c(-c2c([2H])c([2H])c(-c3c4ccccc4c(-c4c([2H])c([2H])c([2H])c5oc6c([2H])c7c([2H])c([2H])c([2H])c([2H])c7c([2H])c6c45)c4ccccc34)c3c([2H])c([2H])c([2H])c([2H])c23)c([2H])c1[2H]. The Morgan fingerprint density at radius 2 is 0.936 bits per heavy atom. The Balaban J connectivity index is 1.44. The van der Waals surface area contributed by atoms with Crippen molar-refractivity contribution in [3.8, 4) is 33.4 Å². The molecule has 47 heavy (non-hydrogen) atoms. The van der Waals surface area contributed by atoms with E-state index < -0.39 is 132 Å². The van der Waals surface area contributed by atoms with Crippen LogP contribution in [0, 0.1) is 0 Å². The maximum absolute atomic E-state index is 9.71. The molecule has 1 aromatic heterocycles. The second-order valence-electron chi connectivity index (χ2n) is 10.9. The first-order chi connectivity index (χ1) is 31.7. The standard InChI is InChI=1S/C46H28O/c1-2-13-29(14-3-1)32-25-26-39(34-18-7-6-17-33(32)34)44-35-19-8-10-21-37(35)45(38-22-11-9-20-36(38)44)40-23-12-24-42-46(40)41-27-30-15-4-5-16-31(30)28-43(41)47-42/h1-28H/i1D,2D,3D,4D,5D,6D,7D,12D,13D,14D,15D,16D,17D,18D,23D,24D,25D,26D,27D,28D. The van der Waals surface area contributed by atoms with Gasteiger partial charge in [0.2, 0.25) is 0 Å². The quantitative estimate of drug-likeness (QED) is 0.180. The average molecular weight is 617 g/mol. The minimum absolute atomic E-state index is 0.0441. The summed E-state index contributed by atoms with van der Waals surface area (Å²) in [7, 11) is 0. The molecule has 9 aromatic carbocycles. The number of fused-ring (bicyclic) bond motifs is 7. The third-order valence-corrected chi connectivity index (χ3v) is 8.38. The van der Waals surface area contributed by atoms with Crippen LogP contribution in [-0.4, -0.2) is 0 Å². The molecule has 0 saturated heterocycles. The van der Waals surface area contributed by atoms with E-state index in [0.717, 1.165) is 0 Å². The number of rotatable bonds is 3. The van der Waals surface area contributed by atoms with Gasteiger partial charge in [-0.2, -0.15) is 0 Å². The highest BCUT2D eigenvalue weighted by molar-refractivity contribution is 6.27. The Morgan fingerprint density at radius 3 is 1.62 bits per heavy atom. The van der Waals surface area contributed by atoms with Gasteiger partial charge in [0.1, 0.15) is 11.2 Å². The zero-order chi connectivity index (χ0) is 48.3.